The average molecular weight is 294 g/mol. The van der Waals surface area contributed by atoms with Crippen LogP contribution in [-0.4, -0.2) is 0 Å². The maximum Gasteiger partial charge on any atom is 0.0947 e. The van der Waals surface area contributed by atoms with Gasteiger partial charge in [0, 0.05) is 9.35 Å². The van der Waals surface area contributed by atoms with Gasteiger partial charge in [0.15, 0.2) is 0 Å². The fourth-order valence-electron chi connectivity index (χ4n) is 1.06. The van der Waals surface area contributed by atoms with E-state index < -0.39 is 0 Å². The van der Waals surface area contributed by atoms with E-state index in [-0.39, 0.29) is 5.38 Å². The second kappa shape index (κ2) is 4.13. The fraction of sp³-hybridized carbons (Fsp3) is 0.111. The van der Waals surface area contributed by atoms with Gasteiger partial charge in [0.05, 0.1) is 5.38 Å². The summed E-state index contributed by atoms with van der Waals surface area (Å²) in [4.78, 5) is 1.18. The zero-order valence-corrected chi connectivity index (χ0v) is 10.5. The van der Waals surface area contributed by atoms with Crippen molar-refractivity contribution in [3.63, 3.8) is 0 Å². The molecule has 0 nitrogen and oxygen atoms in total. The molecular formula is C9H6BrClS2. The summed E-state index contributed by atoms with van der Waals surface area (Å²) in [5, 5.41) is 6.16. The summed E-state index contributed by atoms with van der Waals surface area (Å²) in [6, 6.07) is 4.09. The quantitative estimate of drug-likeness (QED) is 0.691. The Labute approximate surface area is 98.3 Å². The van der Waals surface area contributed by atoms with Crippen molar-refractivity contribution >= 4 is 50.2 Å². The van der Waals surface area contributed by atoms with Crippen molar-refractivity contribution in [1.82, 2.24) is 0 Å². The van der Waals surface area contributed by atoms with Crippen LogP contribution in [0.25, 0.3) is 0 Å². The van der Waals surface area contributed by atoms with E-state index in [0.717, 1.165) is 4.47 Å². The summed E-state index contributed by atoms with van der Waals surface area (Å²) in [5.41, 5.74) is 1.18. The maximum atomic E-state index is 6.31. The largest absolute Gasteiger partial charge is 0.152 e. The molecule has 0 aliphatic rings. The van der Waals surface area contributed by atoms with Crippen molar-refractivity contribution in [1.29, 1.82) is 0 Å². The average Bonchev–Trinajstić information content (AvgIpc) is 2.72. The van der Waals surface area contributed by atoms with Crippen molar-refractivity contribution in [3.8, 4) is 0 Å². The SMILES string of the molecule is ClC(c1ccsc1)c1sccc1Br. The molecule has 0 fully saturated rings. The molecule has 0 N–H and O–H groups in total. The van der Waals surface area contributed by atoms with E-state index in [9.17, 15) is 0 Å². The molecule has 1 atom stereocenters. The first-order chi connectivity index (χ1) is 6.29. The molecule has 0 spiro atoms. The minimum atomic E-state index is -0.0133. The van der Waals surface area contributed by atoms with E-state index in [1.807, 2.05) is 16.8 Å². The summed E-state index contributed by atoms with van der Waals surface area (Å²) in [6.45, 7) is 0. The maximum absolute atomic E-state index is 6.31. The molecule has 1 unspecified atom stereocenters. The van der Waals surface area contributed by atoms with E-state index in [0.29, 0.717) is 0 Å². The third-order valence-corrected chi connectivity index (χ3v) is 4.95. The summed E-state index contributed by atoms with van der Waals surface area (Å²) < 4.78 is 1.10. The highest BCUT2D eigenvalue weighted by molar-refractivity contribution is 9.10. The minimum absolute atomic E-state index is 0.0133. The topological polar surface area (TPSA) is 0 Å². The molecule has 68 valence electrons. The van der Waals surface area contributed by atoms with Gasteiger partial charge in [0.1, 0.15) is 0 Å². The molecule has 0 saturated heterocycles. The molecule has 0 radical (unpaired) electrons. The molecule has 0 saturated carbocycles. The predicted molar refractivity (Wildman–Crippen MR) is 64.0 cm³/mol. The lowest BCUT2D eigenvalue weighted by atomic mass is 10.2. The van der Waals surface area contributed by atoms with Gasteiger partial charge in [-0.25, -0.2) is 0 Å². The zero-order chi connectivity index (χ0) is 9.26. The summed E-state index contributed by atoms with van der Waals surface area (Å²) in [5.74, 6) is 0. The van der Waals surface area contributed by atoms with E-state index in [4.69, 9.17) is 11.6 Å². The smallest absolute Gasteiger partial charge is 0.0947 e. The Bertz CT molecular complexity index is 380. The summed E-state index contributed by atoms with van der Waals surface area (Å²) >= 11 is 13.1. The molecule has 0 bridgehead atoms. The van der Waals surface area contributed by atoms with Crippen molar-refractivity contribution in [2.75, 3.05) is 0 Å². The molecule has 2 aromatic rings. The van der Waals surface area contributed by atoms with Crippen LogP contribution in [0.15, 0.2) is 32.7 Å². The van der Waals surface area contributed by atoms with Crippen LogP contribution in [0.2, 0.25) is 0 Å². The molecule has 2 rings (SSSR count). The Balaban J connectivity index is 2.33. The van der Waals surface area contributed by atoms with Gasteiger partial charge in [-0.3, -0.25) is 0 Å². The van der Waals surface area contributed by atoms with Crippen LogP contribution in [0, 0.1) is 0 Å². The van der Waals surface area contributed by atoms with Gasteiger partial charge in [-0.1, -0.05) is 0 Å². The molecule has 0 aliphatic carbocycles. The van der Waals surface area contributed by atoms with Crippen molar-refractivity contribution in [2.45, 2.75) is 5.38 Å². The number of hydrogen-bond donors (Lipinski definition) is 0. The Morgan fingerprint density at radius 2 is 2.15 bits per heavy atom. The normalized spacial score (nSPS) is 13.1. The summed E-state index contributed by atoms with van der Waals surface area (Å²) in [6.07, 6.45) is 0. The van der Waals surface area contributed by atoms with Crippen LogP contribution in [0.1, 0.15) is 15.8 Å². The Hall–Kier alpha value is 0.170. The number of rotatable bonds is 2. The zero-order valence-electron chi connectivity index (χ0n) is 6.54. The van der Waals surface area contributed by atoms with Crippen molar-refractivity contribution < 1.29 is 0 Å². The monoisotopic (exact) mass is 292 g/mol. The molecular weight excluding hydrogens is 288 g/mol. The van der Waals surface area contributed by atoms with Crippen LogP contribution in [0.5, 0.6) is 0 Å². The lowest BCUT2D eigenvalue weighted by Crippen LogP contribution is -1.87. The highest BCUT2D eigenvalue weighted by Gasteiger charge is 2.15. The second-order valence-corrected chi connectivity index (χ2v) is 5.57. The molecule has 4 heteroatoms. The van der Waals surface area contributed by atoms with E-state index >= 15 is 0 Å². The fourth-order valence-corrected chi connectivity index (χ4v) is 3.96. The van der Waals surface area contributed by atoms with Gasteiger partial charge in [0.25, 0.3) is 0 Å². The Morgan fingerprint density at radius 3 is 2.69 bits per heavy atom. The lowest BCUT2D eigenvalue weighted by molar-refractivity contribution is 1.19. The molecule has 2 heterocycles. The first-order valence-electron chi connectivity index (χ1n) is 3.68. The number of thiophene rings is 2. The number of alkyl halides is 1. The highest BCUT2D eigenvalue weighted by atomic mass is 79.9. The van der Waals surface area contributed by atoms with Crippen LogP contribution >= 0.6 is 50.2 Å². The predicted octanol–water partition coefficient (Wildman–Crippen LogP) is 4.90. The first kappa shape index (κ1) is 9.71. The minimum Gasteiger partial charge on any atom is -0.152 e. The standard InChI is InChI=1S/C9H6BrClS2/c10-7-2-4-13-9(7)8(11)6-1-3-12-5-6/h1-5,8H. The Kier molecular flexibility index (Phi) is 3.09. The third kappa shape index (κ3) is 1.99. The van der Waals surface area contributed by atoms with Gasteiger partial charge in [0.2, 0.25) is 0 Å². The van der Waals surface area contributed by atoms with Crippen LogP contribution in [0.3, 0.4) is 0 Å². The van der Waals surface area contributed by atoms with Gasteiger partial charge < -0.3 is 0 Å². The molecule has 0 aromatic carbocycles. The second-order valence-electron chi connectivity index (χ2n) is 2.55. The van der Waals surface area contributed by atoms with Crippen LogP contribution < -0.4 is 0 Å². The lowest BCUT2D eigenvalue weighted by Gasteiger charge is -2.04. The van der Waals surface area contributed by atoms with Gasteiger partial charge in [-0.15, -0.1) is 22.9 Å². The van der Waals surface area contributed by atoms with E-state index in [1.54, 1.807) is 22.7 Å². The molecule has 0 amide bonds. The highest BCUT2D eigenvalue weighted by Crippen LogP contribution is 2.37. The van der Waals surface area contributed by atoms with Gasteiger partial charge in [-0.2, -0.15) is 11.3 Å². The molecule has 2 aromatic heterocycles. The van der Waals surface area contributed by atoms with Crippen molar-refractivity contribution in [3.05, 3.63) is 43.2 Å². The van der Waals surface area contributed by atoms with Crippen molar-refractivity contribution in [2.24, 2.45) is 0 Å². The molecule has 13 heavy (non-hydrogen) atoms. The number of hydrogen-bond acceptors (Lipinski definition) is 2. The first-order valence-corrected chi connectivity index (χ1v) is 6.73. The molecule has 0 aliphatic heterocycles. The van der Waals surface area contributed by atoms with E-state index in [1.165, 1.54) is 10.4 Å². The van der Waals surface area contributed by atoms with Crippen LogP contribution in [-0.2, 0) is 0 Å². The van der Waals surface area contributed by atoms with Crippen LogP contribution in [0.4, 0.5) is 0 Å². The summed E-state index contributed by atoms with van der Waals surface area (Å²) in [7, 11) is 0. The van der Waals surface area contributed by atoms with E-state index in [2.05, 4.69) is 27.4 Å². The Morgan fingerprint density at radius 1 is 1.31 bits per heavy atom. The van der Waals surface area contributed by atoms with Gasteiger partial charge in [-0.05, 0) is 49.8 Å². The number of halogens is 2. The third-order valence-electron chi connectivity index (χ3n) is 1.71. The van der Waals surface area contributed by atoms with Gasteiger partial charge >= 0.3 is 0 Å².